The molecule has 2 aromatic rings. The highest BCUT2D eigenvalue weighted by atomic mass is 16.1. The van der Waals surface area contributed by atoms with Crippen LogP contribution < -0.4 is 10.2 Å². The molecule has 1 amide bonds. The smallest absolute Gasteiger partial charge is 0.270 e. The predicted molar refractivity (Wildman–Crippen MR) is 95.6 cm³/mol. The van der Waals surface area contributed by atoms with Crippen molar-refractivity contribution in [1.29, 1.82) is 0 Å². The lowest BCUT2D eigenvalue weighted by Gasteiger charge is -2.27. The molecule has 2 aromatic heterocycles. The second kappa shape index (κ2) is 6.76. The summed E-state index contributed by atoms with van der Waals surface area (Å²) in [5, 5.41) is 2.89. The molecule has 2 aliphatic rings. The minimum Gasteiger partial charge on any atom is -0.355 e. The Morgan fingerprint density at radius 3 is 2.92 bits per heavy atom. The normalized spacial score (nSPS) is 18.4. The highest BCUT2D eigenvalue weighted by Crippen LogP contribution is 2.28. The molecule has 1 saturated heterocycles. The Hall–Kier alpha value is -2.54. The maximum atomic E-state index is 12.4. The summed E-state index contributed by atoms with van der Waals surface area (Å²) in [5.74, 6) is 1.37. The van der Waals surface area contributed by atoms with Crippen molar-refractivity contribution in [3.63, 3.8) is 0 Å². The number of likely N-dealkylation sites (N-methyl/N-ethyl adjacent to an activating group) is 1. The van der Waals surface area contributed by atoms with Gasteiger partial charge in [0.25, 0.3) is 5.91 Å². The topological polar surface area (TPSA) is 74.2 Å². The van der Waals surface area contributed by atoms with Crippen molar-refractivity contribution in [3.05, 3.63) is 35.8 Å². The number of fused-ring (bicyclic) bond motifs is 1. The van der Waals surface area contributed by atoms with Crippen LogP contribution in [0.3, 0.4) is 0 Å². The molecule has 1 fully saturated rings. The first kappa shape index (κ1) is 16.0. The maximum Gasteiger partial charge on any atom is 0.270 e. The van der Waals surface area contributed by atoms with Crippen LogP contribution in [-0.2, 0) is 6.42 Å². The molecule has 0 saturated carbocycles. The molecular formula is C18H22N6O. The Kier molecular flexibility index (Phi) is 4.31. The van der Waals surface area contributed by atoms with Gasteiger partial charge in [-0.05, 0) is 38.6 Å². The fourth-order valence-electron chi connectivity index (χ4n) is 3.42. The first-order valence-corrected chi connectivity index (χ1v) is 8.75. The Labute approximate surface area is 147 Å². The van der Waals surface area contributed by atoms with Crippen LogP contribution in [0, 0.1) is 0 Å². The maximum absolute atomic E-state index is 12.4. The molecule has 0 radical (unpaired) electrons. The summed E-state index contributed by atoms with van der Waals surface area (Å²) < 4.78 is 0. The van der Waals surface area contributed by atoms with Crippen LogP contribution in [0.15, 0.2) is 24.5 Å². The van der Waals surface area contributed by atoms with Crippen LogP contribution in [0.4, 0.5) is 5.82 Å². The number of hydrogen-bond acceptors (Lipinski definition) is 6. The van der Waals surface area contributed by atoms with Gasteiger partial charge in [-0.15, -0.1) is 0 Å². The summed E-state index contributed by atoms with van der Waals surface area (Å²) in [5.41, 5.74) is 2.31. The van der Waals surface area contributed by atoms with Crippen molar-refractivity contribution >= 4 is 11.7 Å². The summed E-state index contributed by atoms with van der Waals surface area (Å²) in [7, 11) is 2.15. The first-order valence-electron chi connectivity index (χ1n) is 8.75. The molecule has 0 atom stereocenters. The van der Waals surface area contributed by atoms with Gasteiger partial charge in [0.05, 0.1) is 0 Å². The molecule has 0 aliphatic carbocycles. The Balaban J connectivity index is 1.81. The largest absolute Gasteiger partial charge is 0.355 e. The summed E-state index contributed by atoms with van der Waals surface area (Å²) in [6, 6.07) is 3.79. The minimum atomic E-state index is -0.109. The lowest BCUT2D eigenvalue weighted by atomic mass is 10.0. The number of carbonyl (C=O) groups is 1. The van der Waals surface area contributed by atoms with E-state index < -0.39 is 0 Å². The van der Waals surface area contributed by atoms with Crippen molar-refractivity contribution in [2.45, 2.75) is 12.8 Å². The highest BCUT2D eigenvalue weighted by molar-refractivity contribution is 5.96. The van der Waals surface area contributed by atoms with Gasteiger partial charge in [-0.25, -0.2) is 9.97 Å². The van der Waals surface area contributed by atoms with Gasteiger partial charge in [-0.2, -0.15) is 0 Å². The number of amides is 1. The van der Waals surface area contributed by atoms with Gasteiger partial charge in [0.2, 0.25) is 0 Å². The summed E-state index contributed by atoms with van der Waals surface area (Å²) in [6.07, 6.45) is 5.32. The van der Waals surface area contributed by atoms with E-state index in [0.717, 1.165) is 56.0 Å². The zero-order chi connectivity index (χ0) is 17.2. The second-order valence-corrected chi connectivity index (χ2v) is 6.59. The van der Waals surface area contributed by atoms with E-state index >= 15 is 0 Å². The van der Waals surface area contributed by atoms with Crippen molar-refractivity contribution in [2.24, 2.45) is 0 Å². The quantitative estimate of drug-likeness (QED) is 0.879. The molecule has 0 aromatic carbocycles. The number of pyridine rings is 1. The van der Waals surface area contributed by atoms with Crippen LogP contribution >= 0.6 is 0 Å². The third-order valence-corrected chi connectivity index (χ3v) is 4.80. The average Bonchev–Trinajstić information content (AvgIpc) is 2.87. The number of carbonyl (C=O) groups excluding carboxylic acids is 1. The van der Waals surface area contributed by atoms with E-state index in [2.05, 4.69) is 32.1 Å². The van der Waals surface area contributed by atoms with Crippen molar-refractivity contribution in [1.82, 2.24) is 25.2 Å². The molecule has 0 spiro atoms. The minimum absolute atomic E-state index is 0.109. The number of hydrogen-bond donors (Lipinski definition) is 1. The fourth-order valence-corrected chi connectivity index (χ4v) is 3.42. The molecule has 1 N–H and O–H groups in total. The number of nitrogens with one attached hydrogen (secondary N) is 1. The number of aromatic nitrogens is 3. The SMILES string of the molecule is CN1CCCN(c2nc(-c3cccnc3)nc3c2CCNC3=O)CC1. The Bertz CT molecular complexity index is 779. The van der Waals surface area contributed by atoms with Gasteiger partial charge in [0.1, 0.15) is 11.5 Å². The third kappa shape index (κ3) is 3.19. The van der Waals surface area contributed by atoms with Crippen molar-refractivity contribution < 1.29 is 4.79 Å². The lowest BCUT2D eigenvalue weighted by molar-refractivity contribution is 0.0940. The molecule has 4 rings (SSSR count). The molecule has 0 unspecified atom stereocenters. The van der Waals surface area contributed by atoms with Gasteiger partial charge in [0, 0.05) is 49.7 Å². The zero-order valence-electron chi connectivity index (χ0n) is 14.4. The van der Waals surface area contributed by atoms with Crippen LogP contribution in [-0.4, -0.2) is 65.5 Å². The number of rotatable bonds is 2. The molecule has 7 nitrogen and oxygen atoms in total. The monoisotopic (exact) mass is 338 g/mol. The van der Waals surface area contributed by atoms with E-state index in [4.69, 9.17) is 4.98 Å². The highest BCUT2D eigenvalue weighted by Gasteiger charge is 2.27. The molecular weight excluding hydrogens is 316 g/mol. The van der Waals surface area contributed by atoms with Crippen LogP contribution in [0.25, 0.3) is 11.4 Å². The van der Waals surface area contributed by atoms with Gasteiger partial charge < -0.3 is 15.1 Å². The Morgan fingerprint density at radius 2 is 2.08 bits per heavy atom. The standard InChI is InChI=1S/C18H22N6O/c1-23-8-3-9-24(11-10-23)17-14-5-7-20-18(25)15(14)21-16(22-17)13-4-2-6-19-12-13/h2,4,6,12H,3,5,7-11H2,1H3,(H,20,25). The lowest BCUT2D eigenvalue weighted by Crippen LogP contribution is -2.37. The third-order valence-electron chi connectivity index (χ3n) is 4.80. The van der Waals surface area contributed by atoms with Gasteiger partial charge >= 0.3 is 0 Å². The zero-order valence-corrected chi connectivity index (χ0v) is 14.4. The molecule has 2 aliphatic heterocycles. The molecule has 4 heterocycles. The van der Waals surface area contributed by atoms with Gasteiger partial charge in [0.15, 0.2) is 5.82 Å². The summed E-state index contributed by atoms with van der Waals surface area (Å²) in [4.78, 5) is 30.6. The average molecular weight is 338 g/mol. The van der Waals surface area contributed by atoms with Crippen LogP contribution in [0.1, 0.15) is 22.5 Å². The van der Waals surface area contributed by atoms with Gasteiger partial charge in [-0.1, -0.05) is 0 Å². The van der Waals surface area contributed by atoms with E-state index in [1.165, 1.54) is 0 Å². The van der Waals surface area contributed by atoms with E-state index in [0.29, 0.717) is 18.1 Å². The molecule has 7 heteroatoms. The van der Waals surface area contributed by atoms with E-state index in [1.54, 1.807) is 12.4 Å². The van der Waals surface area contributed by atoms with E-state index in [9.17, 15) is 4.79 Å². The fraction of sp³-hybridized carbons (Fsp3) is 0.444. The first-order chi connectivity index (χ1) is 12.2. The van der Waals surface area contributed by atoms with Crippen LogP contribution in [0.2, 0.25) is 0 Å². The molecule has 25 heavy (non-hydrogen) atoms. The summed E-state index contributed by atoms with van der Waals surface area (Å²) >= 11 is 0. The number of anilines is 1. The number of nitrogens with zero attached hydrogens (tertiary/aromatic N) is 5. The van der Waals surface area contributed by atoms with Gasteiger partial charge in [-0.3, -0.25) is 9.78 Å². The summed E-state index contributed by atoms with van der Waals surface area (Å²) in [6.45, 7) is 4.57. The van der Waals surface area contributed by atoms with E-state index in [1.807, 2.05) is 12.1 Å². The predicted octanol–water partition coefficient (Wildman–Crippen LogP) is 0.966. The van der Waals surface area contributed by atoms with Crippen molar-refractivity contribution in [2.75, 3.05) is 44.7 Å². The molecule has 130 valence electrons. The van der Waals surface area contributed by atoms with E-state index in [-0.39, 0.29) is 5.91 Å². The van der Waals surface area contributed by atoms with Crippen LogP contribution in [0.5, 0.6) is 0 Å². The molecule has 0 bridgehead atoms. The second-order valence-electron chi connectivity index (χ2n) is 6.59. The van der Waals surface area contributed by atoms with Crippen molar-refractivity contribution in [3.8, 4) is 11.4 Å². The Morgan fingerprint density at radius 1 is 1.16 bits per heavy atom.